The first-order valence-corrected chi connectivity index (χ1v) is 9.59. The van der Waals surface area contributed by atoms with E-state index in [0.29, 0.717) is 18.3 Å². The molecule has 0 unspecified atom stereocenters. The van der Waals surface area contributed by atoms with Crippen LogP contribution in [0.2, 0.25) is 0 Å². The molecule has 1 aromatic heterocycles. The molecule has 7 nitrogen and oxygen atoms in total. The standard InChI is InChI=1S/C20H23F2N5O2/c1-23-20(29)11-7-17(28)12(6-13(11)21)15-8-25-18(9-24-15)27(2)16-5-10-3-4-14(26-10)19(16)22/h6-10,14,16,19,26,28H,3-5H2,1-2H3,(H,23,29)/t10-,14+,16-,19+/m1/s1. The summed E-state index contributed by atoms with van der Waals surface area (Å²) >= 11 is 0. The number of aromatic hydroxyl groups is 1. The van der Waals surface area contributed by atoms with Crippen molar-refractivity contribution in [2.24, 2.45) is 0 Å². The Labute approximate surface area is 167 Å². The molecule has 9 heteroatoms. The summed E-state index contributed by atoms with van der Waals surface area (Å²) in [6.45, 7) is 0. The topological polar surface area (TPSA) is 90.4 Å². The minimum absolute atomic E-state index is 0.118. The highest BCUT2D eigenvalue weighted by Gasteiger charge is 2.43. The van der Waals surface area contributed by atoms with E-state index in [4.69, 9.17) is 0 Å². The van der Waals surface area contributed by atoms with Crippen LogP contribution in [0.15, 0.2) is 24.5 Å². The van der Waals surface area contributed by atoms with Crippen molar-refractivity contribution < 1.29 is 18.7 Å². The molecule has 4 atom stereocenters. The Balaban J connectivity index is 1.57. The SMILES string of the molecule is CNC(=O)c1cc(O)c(-c2cnc(N(C)[C@@H]3C[C@H]4CC[C@H](N4)[C@@H]3F)cn2)cc1F. The highest BCUT2D eigenvalue weighted by molar-refractivity contribution is 5.95. The van der Waals surface area contributed by atoms with E-state index in [1.165, 1.54) is 19.4 Å². The number of phenolic OH excluding ortho intramolecular Hbond substituents is 1. The predicted molar refractivity (Wildman–Crippen MR) is 104 cm³/mol. The van der Waals surface area contributed by atoms with E-state index < -0.39 is 17.9 Å². The number of amides is 1. The first-order valence-electron chi connectivity index (χ1n) is 9.59. The zero-order valence-corrected chi connectivity index (χ0v) is 16.2. The van der Waals surface area contributed by atoms with Crippen LogP contribution in [0.3, 0.4) is 0 Å². The third kappa shape index (κ3) is 3.50. The highest BCUT2D eigenvalue weighted by atomic mass is 19.1. The Bertz CT molecular complexity index is 924. The lowest BCUT2D eigenvalue weighted by Gasteiger charge is -2.38. The van der Waals surface area contributed by atoms with E-state index in [0.717, 1.165) is 25.0 Å². The van der Waals surface area contributed by atoms with Crippen molar-refractivity contribution in [2.45, 2.75) is 43.6 Å². The van der Waals surface area contributed by atoms with Gasteiger partial charge >= 0.3 is 0 Å². The minimum atomic E-state index is -0.990. The molecule has 0 spiro atoms. The second kappa shape index (κ2) is 7.55. The number of piperidine rings is 1. The smallest absolute Gasteiger partial charge is 0.254 e. The number of carbonyl (C=O) groups is 1. The van der Waals surface area contributed by atoms with Crippen LogP contribution in [0.5, 0.6) is 5.75 Å². The molecule has 3 heterocycles. The van der Waals surface area contributed by atoms with Crippen LogP contribution >= 0.6 is 0 Å². The van der Waals surface area contributed by atoms with Crippen molar-refractivity contribution >= 4 is 11.7 Å². The molecule has 2 bridgehead atoms. The van der Waals surface area contributed by atoms with Gasteiger partial charge in [-0.3, -0.25) is 9.78 Å². The van der Waals surface area contributed by atoms with Gasteiger partial charge in [0.2, 0.25) is 0 Å². The fourth-order valence-electron chi connectivity index (χ4n) is 4.24. The van der Waals surface area contributed by atoms with Gasteiger partial charge in [0.25, 0.3) is 5.91 Å². The molecule has 2 aromatic rings. The molecule has 154 valence electrons. The van der Waals surface area contributed by atoms with Crippen molar-refractivity contribution in [3.05, 3.63) is 35.9 Å². The largest absolute Gasteiger partial charge is 0.507 e. The number of hydrogen-bond acceptors (Lipinski definition) is 6. The third-order valence-electron chi connectivity index (χ3n) is 5.88. The molecule has 1 amide bonds. The third-order valence-corrected chi connectivity index (χ3v) is 5.88. The Morgan fingerprint density at radius 2 is 2.10 bits per heavy atom. The highest BCUT2D eigenvalue weighted by Crippen LogP contribution is 2.34. The molecule has 4 rings (SSSR count). The van der Waals surface area contributed by atoms with Crippen LogP contribution in [0.4, 0.5) is 14.6 Å². The van der Waals surface area contributed by atoms with Crippen molar-refractivity contribution in [3.63, 3.8) is 0 Å². The number of nitrogens with zero attached hydrogens (tertiary/aromatic N) is 3. The fraction of sp³-hybridized carbons (Fsp3) is 0.450. The number of aromatic nitrogens is 2. The van der Waals surface area contributed by atoms with Gasteiger partial charge in [0.1, 0.15) is 23.6 Å². The van der Waals surface area contributed by atoms with Gasteiger partial charge < -0.3 is 20.6 Å². The van der Waals surface area contributed by atoms with Crippen LogP contribution in [0.1, 0.15) is 29.6 Å². The number of fused-ring (bicyclic) bond motifs is 2. The van der Waals surface area contributed by atoms with Gasteiger partial charge in [-0.2, -0.15) is 0 Å². The van der Waals surface area contributed by atoms with Crippen molar-refractivity contribution in [3.8, 4) is 17.0 Å². The maximum Gasteiger partial charge on any atom is 0.254 e. The van der Waals surface area contributed by atoms with Crippen molar-refractivity contribution in [1.29, 1.82) is 0 Å². The van der Waals surface area contributed by atoms with E-state index in [2.05, 4.69) is 20.6 Å². The van der Waals surface area contributed by atoms with Crippen LogP contribution in [-0.2, 0) is 0 Å². The molecule has 29 heavy (non-hydrogen) atoms. The molecule has 0 saturated carbocycles. The van der Waals surface area contributed by atoms with Gasteiger partial charge in [0.05, 0.1) is 29.7 Å². The van der Waals surface area contributed by atoms with Crippen molar-refractivity contribution in [1.82, 2.24) is 20.6 Å². The van der Waals surface area contributed by atoms with Gasteiger partial charge in [-0.05, 0) is 31.4 Å². The number of carbonyl (C=O) groups excluding carboxylic acids is 1. The van der Waals surface area contributed by atoms with Gasteiger partial charge in [-0.25, -0.2) is 13.8 Å². The monoisotopic (exact) mass is 403 g/mol. The van der Waals surface area contributed by atoms with Gasteiger partial charge in [-0.1, -0.05) is 0 Å². The molecular formula is C20H23F2N5O2. The molecule has 2 saturated heterocycles. The Kier molecular flexibility index (Phi) is 5.08. The number of hydrogen-bond donors (Lipinski definition) is 3. The van der Waals surface area contributed by atoms with E-state index in [-0.39, 0.29) is 34.7 Å². The lowest BCUT2D eigenvalue weighted by atomic mass is 9.96. The lowest BCUT2D eigenvalue weighted by molar-refractivity contribution is 0.0958. The van der Waals surface area contributed by atoms with Gasteiger partial charge in [0, 0.05) is 31.7 Å². The minimum Gasteiger partial charge on any atom is -0.507 e. The normalized spacial score (nSPS) is 25.7. The summed E-state index contributed by atoms with van der Waals surface area (Å²) in [5.74, 6) is -1.18. The molecule has 2 aliphatic rings. The summed E-state index contributed by atoms with van der Waals surface area (Å²) in [5.41, 5.74) is 0.122. The summed E-state index contributed by atoms with van der Waals surface area (Å²) in [5, 5.41) is 15.8. The molecule has 0 aliphatic carbocycles. The van der Waals surface area contributed by atoms with Crippen LogP contribution in [0, 0.1) is 5.82 Å². The van der Waals surface area contributed by atoms with Crippen LogP contribution in [-0.4, -0.2) is 59.4 Å². The summed E-state index contributed by atoms with van der Waals surface area (Å²) in [7, 11) is 3.17. The second-order valence-corrected chi connectivity index (χ2v) is 7.59. The summed E-state index contributed by atoms with van der Waals surface area (Å²) < 4.78 is 29.0. The molecule has 0 radical (unpaired) electrons. The Hall–Kier alpha value is -2.81. The Morgan fingerprint density at radius 3 is 2.79 bits per heavy atom. The van der Waals surface area contributed by atoms with E-state index in [9.17, 15) is 18.7 Å². The van der Waals surface area contributed by atoms with E-state index >= 15 is 0 Å². The summed E-state index contributed by atoms with van der Waals surface area (Å²) in [6.07, 6.45) is 4.42. The number of phenols is 1. The van der Waals surface area contributed by atoms with E-state index in [1.54, 1.807) is 11.9 Å². The zero-order valence-electron chi connectivity index (χ0n) is 16.2. The molecule has 2 fully saturated rings. The molecule has 1 aromatic carbocycles. The number of anilines is 1. The maximum absolute atomic E-state index is 14.8. The summed E-state index contributed by atoms with van der Waals surface area (Å²) in [6, 6.07) is 2.03. The lowest BCUT2D eigenvalue weighted by Crippen LogP contribution is -2.55. The first-order chi connectivity index (χ1) is 13.9. The number of rotatable bonds is 4. The Morgan fingerprint density at radius 1 is 1.31 bits per heavy atom. The summed E-state index contributed by atoms with van der Waals surface area (Å²) in [4.78, 5) is 22.1. The maximum atomic E-state index is 14.8. The first kappa shape index (κ1) is 19.5. The van der Waals surface area contributed by atoms with Crippen molar-refractivity contribution in [2.75, 3.05) is 19.0 Å². The number of alkyl halides is 1. The van der Waals surface area contributed by atoms with Crippen LogP contribution in [0.25, 0.3) is 11.3 Å². The van der Waals surface area contributed by atoms with E-state index in [1.807, 2.05) is 0 Å². The van der Waals surface area contributed by atoms with Crippen LogP contribution < -0.4 is 15.5 Å². The average Bonchev–Trinajstić information content (AvgIpc) is 3.14. The average molecular weight is 403 g/mol. The number of halogens is 2. The fourth-order valence-corrected chi connectivity index (χ4v) is 4.24. The molecule has 2 aliphatic heterocycles. The number of benzene rings is 1. The second-order valence-electron chi connectivity index (χ2n) is 7.59. The number of nitrogens with one attached hydrogen (secondary N) is 2. The zero-order chi connectivity index (χ0) is 20.7. The molecule has 3 N–H and O–H groups in total. The van der Waals surface area contributed by atoms with Gasteiger partial charge in [-0.15, -0.1) is 0 Å². The quantitative estimate of drug-likeness (QED) is 0.724. The molecular weight excluding hydrogens is 380 g/mol. The predicted octanol–water partition coefficient (Wildman–Crippen LogP) is 2.02. The van der Waals surface area contributed by atoms with Gasteiger partial charge in [0.15, 0.2) is 0 Å².